The number of nitrogens with two attached hydrogens (primary N) is 1. The lowest BCUT2D eigenvalue weighted by atomic mass is 10.2. The highest BCUT2D eigenvalue weighted by Gasteiger charge is 2.05. The van der Waals surface area contributed by atoms with Gasteiger partial charge < -0.3 is 10.5 Å². The van der Waals surface area contributed by atoms with Crippen molar-refractivity contribution in [3.63, 3.8) is 0 Å². The quantitative estimate of drug-likeness (QED) is 0.722. The minimum Gasteiger partial charge on any atom is -0.489 e. The average molecular weight is 342 g/mol. The van der Waals surface area contributed by atoms with Crippen molar-refractivity contribution in [1.29, 1.82) is 0 Å². The predicted molar refractivity (Wildman–Crippen MR) is 91.5 cm³/mol. The number of imidazole rings is 1. The van der Waals surface area contributed by atoms with Crippen molar-refractivity contribution in [3.05, 3.63) is 77.1 Å². The Morgan fingerprint density at radius 2 is 2.08 bits per heavy atom. The van der Waals surface area contributed by atoms with Crippen molar-refractivity contribution in [2.75, 3.05) is 5.73 Å². The van der Waals surface area contributed by atoms with Gasteiger partial charge in [-0.15, -0.1) is 0 Å². The number of halogens is 2. The minimum atomic E-state index is -0.509. The van der Waals surface area contributed by atoms with E-state index in [2.05, 4.69) is 10.1 Å². The van der Waals surface area contributed by atoms with Crippen molar-refractivity contribution in [1.82, 2.24) is 9.66 Å². The second-order valence-electron chi connectivity index (χ2n) is 5.43. The summed E-state index contributed by atoms with van der Waals surface area (Å²) in [6.45, 7) is 1.75. The molecular weight excluding hydrogens is 326 g/mol. The van der Waals surface area contributed by atoms with E-state index in [0.29, 0.717) is 11.7 Å². The van der Waals surface area contributed by atoms with Gasteiger partial charge in [-0.3, -0.25) is 0 Å². The van der Waals surface area contributed by atoms with E-state index < -0.39 is 11.6 Å². The summed E-state index contributed by atoms with van der Waals surface area (Å²) < 4.78 is 33.8. The molecule has 0 unspecified atom stereocenters. The number of nitrogen functional groups attached to an aromatic ring is 1. The summed E-state index contributed by atoms with van der Waals surface area (Å²) in [6, 6.07) is 10.3. The second-order valence-corrected chi connectivity index (χ2v) is 5.43. The Labute approximate surface area is 143 Å². The van der Waals surface area contributed by atoms with Crippen LogP contribution in [-0.4, -0.2) is 15.9 Å². The molecule has 0 atom stereocenters. The monoisotopic (exact) mass is 342 g/mol. The number of hydrogen-bond donors (Lipinski definition) is 1. The van der Waals surface area contributed by atoms with Crippen LogP contribution < -0.4 is 10.5 Å². The Morgan fingerprint density at radius 1 is 1.24 bits per heavy atom. The summed E-state index contributed by atoms with van der Waals surface area (Å²) in [5, 5.41) is 4.22. The molecule has 0 aliphatic heterocycles. The van der Waals surface area contributed by atoms with Crippen LogP contribution in [-0.2, 0) is 6.61 Å². The lowest BCUT2D eigenvalue weighted by Gasteiger charge is -2.08. The van der Waals surface area contributed by atoms with Crippen molar-refractivity contribution in [2.45, 2.75) is 13.5 Å². The van der Waals surface area contributed by atoms with Gasteiger partial charge in [0.05, 0.1) is 18.1 Å². The lowest BCUT2D eigenvalue weighted by Crippen LogP contribution is -2.00. The summed E-state index contributed by atoms with van der Waals surface area (Å²) in [4.78, 5) is 4.06. The number of nitrogens with zero attached hydrogens (tertiary/aromatic N) is 3. The number of ether oxygens (including phenoxy) is 1. The molecule has 3 aromatic rings. The van der Waals surface area contributed by atoms with Gasteiger partial charge in [0.1, 0.15) is 24.0 Å². The first-order valence-electron chi connectivity index (χ1n) is 7.54. The summed E-state index contributed by atoms with van der Waals surface area (Å²) >= 11 is 0. The first-order chi connectivity index (χ1) is 12.0. The number of aryl methyl sites for hydroxylation is 1. The molecule has 3 rings (SSSR count). The van der Waals surface area contributed by atoms with Gasteiger partial charge in [-0.25, -0.2) is 18.4 Å². The van der Waals surface area contributed by atoms with Gasteiger partial charge in [-0.2, -0.15) is 5.10 Å². The molecule has 1 heterocycles. The molecule has 0 fully saturated rings. The number of aromatic nitrogens is 2. The summed E-state index contributed by atoms with van der Waals surface area (Å²) in [5.74, 6) is -0.204. The van der Waals surface area contributed by atoms with E-state index in [1.54, 1.807) is 30.6 Å². The SMILES string of the molecule is Cc1cn(N=Cc2cccc(OCc3cc(F)ccc3F)c2)c(N)n1. The van der Waals surface area contributed by atoms with E-state index in [0.717, 1.165) is 29.5 Å². The Hall–Kier alpha value is -3.22. The van der Waals surface area contributed by atoms with E-state index >= 15 is 0 Å². The number of anilines is 1. The number of hydrogen-bond acceptors (Lipinski definition) is 4. The molecule has 0 saturated heterocycles. The zero-order valence-corrected chi connectivity index (χ0v) is 13.5. The van der Waals surface area contributed by atoms with Crippen LogP contribution in [0.2, 0.25) is 0 Å². The van der Waals surface area contributed by atoms with Gasteiger partial charge >= 0.3 is 0 Å². The fraction of sp³-hybridized carbons (Fsp3) is 0.111. The molecule has 2 N–H and O–H groups in total. The third-order valence-electron chi connectivity index (χ3n) is 3.43. The van der Waals surface area contributed by atoms with Crippen LogP contribution in [0.5, 0.6) is 5.75 Å². The third-order valence-corrected chi connectivity index (χ3v) is 3.43. The molecule has 1 aromatic heterocycles. The van der Waals surface area contributed by atoms with E-state index in [-0.39, 0.29) is 12.2 Å². The van der Waals surface area contributed by atoms with Crippen LogP contribution in [0.4, 0.5) is 14.7 Å². The minimum absolute atomic E-state index is 0.0716. The topological polar surface area (TPSA) is 65.4 Å². The van der Waals surface area contributed by atoms with Crippen LogP contribution in [0.3, 0.4) is 0 Å². The van der Waals surface area contributed by atoms with Crippen LogP contribution >= 0.6 is 0 Å². The van der Waals surface area contributed by atoms with E-state index in [1.165, 1.54) is 4.68 Å². The van der Waals surface area contributed by atoms with Gasteiger partial charge in [-0.05, 0) is 42.8 Å². The molecular formula is C18H16F2N4O. The van der Waals surface area contributed by atoms with Crippen LogP contribution in [0, 0.1) is 18.6 Å². The smallest absolute Gasteiger partial charge is 0.221 e. The molecule has 0 radical (unpaired) electrons. The zero-order valence-electron chi connectivity index (χ0n) is 13.5. The Kier molecular flexibility index (Phi) is 4.74. The second kappa shape index (κ2) is 7.12. The highest BCUT2D eigenvalue weighted by Crippen LogP contribution is 2.17. The largest absolute Gasteiger partial charge is 0.489 e. The molecule has 0 saturated carbocycles. The maximum atomic E-state index is 13.6. The highest BCUT2D eigenvalue weighted by molar-refractivity contribution is 5.80. The van der Waals surface area contributed by atoms with Gasteiger partial charge in [-0.1, -0.05) is 12.1 Å². The summed E-state index contributed by atoms with van der Waals surface area (Å²) in [5.41, 5.74) is 7.41. The molecule has 7 heteroatoms. The zero-order chi connectivity index (χ0) is 17.8. The van der Waals surface area contributed by atoms with E-state index in [9.17, 15) is 8.78 Å². The first kappa shape index (κ1) is 16.6. The summed E-state index contributed by atoms with van der Waals surface area (Å²) in [7, 11) is 0. The molecule has 128 valence electrons. The molecule has 0 bridgehead atoms. The number of benzene rings is 2. The maximum absolute atomic E-state index is 13.6. The van der Waals surface area contributed by atoms with E-state index in [4.69, 9.17) is 10.5 Å². The molecule has 0 aliphatic rings. The van der Waals surface area contributed by atoms with Crippen molar-refractivity contribution in [2.24, 2.45) is 5.10 Å². The molecule has 0 aliphatic carbocycles. The third kappa shape index (κ3) is 4.20. The van der Waals surface area contributed by atoms with Crippen molar-refractivity contribution in [3.8, 4) is 5.75 Å². The molecule has 5 nitrogen and oxygen atoms in total. The fourth-order valence-electron chi connectivity index (χ4n) is 2.22. The Balaban J connectivity index is 1.71. The van der Waals surface area contributed by atoms with Gasteiger partial charge in [0.25, 0.3) is 0 Å². The van der Waals surface area contributed by atoms with Crippen LogP contribution in [0.25, 0.3) is 0 Å². The predicted octanol–water partition coefficient (Wildman–Crippen LogP) is 3.51. The van der Waals surface area contributed by atoms with Gasteiger partial charge in [0, 0.05) is 5.56 Å². The Bertz CT molecular complexity index is 921. The van der Waals surface area contributed by atoms with Crippen LogP contribution in [0.15, 0.2) is 53.8 Å². The maximum Gasteiger partial charge on any atom is 0.221 e. The van der Waals surface area contributed by atoms with Gasteiger partial charge in [0.2, 0.25) is 5.95 Å². The molecule has 25 heavy (non-hydrogen) atoms. The molecule has 2 aromatic carbocycles. The van der Waals surface area contributed by atoms with Crippen molar-refractivity contribution >= 4 is 12.2 Å². The first-order valence-corrected chi connectivity index (χ1v) is 7.54. The summed E-state index contributed by atoms with van der Waals surface area (Å²) in [6.07, 6.45) is 3.31. The molecule has 0 spiro atoms. The van der Waals surface area contributed by atoms with E-state index in [1.807, 2.05) is 13.0 Å². The normalized spacial score (nSPS) is 11.2. The van der Waals surface area contributed by atoms with Crippen molar-refractivity contribution < 1.29 is 13.5 Å². The highest BCUT2D eigenvalue weighted by atomic mass is 19.1. The number of rotatable bonds is 5. The molecule has 0 amide bonds. The fourth-order valence-corrected chi connectivity index (χ4v) is 2.22. The van der Waals surface area contributed by atoms with Gasteiger partial charge in [0.15, 0.2) is 0 Å². The Morgan fingerprint density at radius 3 is 2.84 bits per heavy atom. The standard InChI is InChI=1S/C18H16F2N4O/c1-12-10-24(18(21)23-12)22-9-13-3-2-4-16(7-13)25-11-14-8-15(19)5-6-17(14)20/h2-10H,11H2,1H3,(H2,21,23). The average Bonchev–Trinajstić information content (AvgIpc) is 2.92. The lowest BCUT2D eigenvalue weighted by molar-refractivity contribution is 0.299. The van der Waals surface area contributed by atoms with Crippen LogP contribution in [0.1, 0.15) is 16.8 Å².